The zero-order chi connectivity index (χ0) is 9.97. The highest BCUT2D eigenvalue weighted by atomic mass is 14.7. The molecule has 0 amide bonds. The third kappa shape index (κ3) is 1.67. The summed E-state index contributed by atoms with van der Waals surface area (Å²) in [5.74, 6) is 0. The maximum absolute atomic E-state index is 4.45. The van der Waals surface area contributed by atoms with Crippen molar-refractivity contribution in [3.63, 3.8) is 0 Å². The maximum Gasteiger partial charge on any atom is 0.0731 e. The minimum absolute atomic E-state index is 1.08. The fraction of sp³-hybridized carbons (Fsp3) is 0.154. The molecule has 0 atom stereocenters. The molecule has 1 aromatic heterocycles. The Labute approximate surface area is 84.4 Å². The van der Waals surface area contributed by atoms with Crippen LogP contribution in [0.1, 0.15) is 11.1 Å². The second-order valence-corrected chi connectivity index (χ2v) is 3.54. The van der Waals surface area contributed by atoms with E-state index in [-0.39, 0.29) is 0 Å². The first-order chi connectivity index (χ1) is 6.77. The van der Waals surface area contributed by atoms with Crippen molar-refractivity contribution in [2.75, 3.05) is 0 Å². The summed E-state index contributed by atoms with van der Waals surface area (Å²) in [6, 6.07) is 12.4. The third-order valence-electron chi connectivity index (χ3n) is 2.26. The van der Waals surface area contributed by atoms with Crippen molar-refractivity contribution in [2.24, 2.45) is 0 Å². The standard InChI is InChI=1S/C13H13N/c1-10-8-11(2)13(14-9-10)12-6-4-3-5-7-12/h3-9H,1-2H3. The highest BCUT2D eigenvalue weighted by Gasteiger charge is 2.01. The zero-order valence-electron chi connectivity index (χ0n) is 8.49. The van der Waals surface area contributed by atoms with Crippen molar-refractivity contribution in [3.05, 3.63) is 53.7 Å². The summed E-state index contributed by atoms with van der Waals surface area (Å²) in [7, 11) is 0. The molecule has 0 aliphatic heterocycles. The smallest absolute Gasteiger partial charge is 0.0731 e. The van der Waals surface area contributed by atoms with E-state index in [1.54, 1.807) is 0 Å². The molecule has 2 rings (SSSR count). The van der Waals surface area contributed by atoms with E-state index in [2.05, 4.69) is 37.0 Å². The van der Waals surface area contributed by atoms with E-state index < -0.39 is 0 Å². The second-order valence-electron chi connectivity index (χ2n) is 3.54. The fourth-order valence-electron chi connectivity index (χ4n) is 1.61. The lowest BCUT2D eigenvalue weighted by Gasteiger charge is -2.05. The molecule has 1 nitrogen and oxygen atoms in total. The third-order valence-corrected chi connectivity index (χ3v) is 2.26. The van der Waals surface area contributed by atoms with Gasteiger partial charge in [-0.1, -0.05) is 36.4 Å². The quantitative estimate of drug-likeness (QED) is 0.660. The lowest BCUT2D eigenvalue weighted by atomic mass is 10.1. The Morgan fingerprint density at radius 3 is 2.36 bits per heavy atom. The van der Waals surface area contributed by atoms with Crippen molar-refractivity contribution in [3.8, 4) is 11.3 Å². The molecule has 1 heterocycles. The van der Waals surface area contributed by atoms with Crippen LogP contribution >= 0.6 is 0 Å². The molecule has 1 heteroatoms. The summed E-state index contributed by atoms with van der Waals surface area (Å²) in [4.78, 5) is 4.45. The fourth-order valence-corrected chi connectivity index (χ4v) is 1.61. The largest absolute Gasteiger partial charge is 0.256 e. The molecule has 14 heavy (non-hydrogen) atoms. The van der Waals surface area contributed by atoms with Crippen LogP contribution in [-0.4, -0.2) is 4.98 Å². The highest BCUT2D eigenvalue weighted by Crippen LogP contribution is 2.20. The van der Waals surface area contributed by atoms with Gasteiger partial charge in [0.1, 0.15) is 0 Å². The lowest BCUT2D eigenvalue weighted by Crippen LogP contribution is -1.88. The van der Waals surface area contributed by atoms with Crippen LogP contribution in [0, 0.1) is 13.8 Å². The predicted octanol–water partition coefficient (Wildman–Crippen LogP) is 3.37. The second kappa shape index (κ2) is 3.62. The van der Waals surface area contributed by atoms with Crippen LogP contribution in [0.2, 0.25) is 0 Å². The first-order valence-corrected chi connectivity index (χ1v) is 4.76. The van der Waals surface area contributed by atoms with Gasteiger partial charge in [0.25, 0.3) is 0 Å². The van der Waals surface area contributed by atoms with E-state index in [1.807, 2.05) is 24.4 Å². The van der Waals surface area contributed by atoms with Gasteiger partial charge in [0.15, 0.2) is 0 Å². The highest BCUT2D eigenvalue weighted by molar-refractivity contribution is 5.62. The molecule has 0 aliphatic carbocycles. The molecule has 0 radical (unpaired) electrons. The monoisotopic (exact) mass is 183 g/mol. The number of hydrogen-bond acceptors (Lipinski definition) is 1. The van der Waals surface area contributed by atoms with Gasteiger partial charge in [-0.15, -0.1) is 0 Å². The van der Waals surface area contributed by atoms with E-state index in [1.165, 1.54) is 16.7 Å². The number of hydrogen-bond donors (Lipinski definition) is 0. The molecule has 1 aromatic carbocycles. The van der Waals surface area contributed by atoms with Crippen molar-refractivity contribution >= 4 is 0 Å². The summed E-state index contributed by atoms with van der Waals surface area (Å²) >= 11 is 0. The van der Waals surface area contributed by atoms with Crippen LogP contribution in [-0.2, 0) is 0 Å². The van der Waals surface area contributed by atoms with E-state index in [0.717, 1.165) is 5.69 Å². The Morgan fingerprint density at radius 1 is 1.00 bits per heavy atom. The molecule has 0 aliphatic rings. The number of pyridine rings is 1. The van der Waals surface area contributed by atoms with Crippen LogP contribution in [0.4, 0.5) is 0 Å². The minimum Gasteiger partial charge on any atom is -0.256 e. The van der Waals surface area contributed by atoms with E-state index in [0.29, 0.717) is 0 Å². The van der Waals surface area contributed by atoms with Gasteiger partial charge in [0.05, 0.1) is 5.69 Å². The molecule has 70 valence electrons. The van der Waals surface area contributed by atoms with Crippen LogP contribution in [0.25, 0.3) is 11.3 Å². The summed E-state index contributed by atoms with van der Waals surface area (Å²) in [6.07, 6.45) is 1.91. The molecule has 0 unspecified atom stereocenters. The van der Waals surface area contributed by atoms with Gasteiger partial charge in [-0.3, -0.25) is 4.98 Å². The SMILES string of the molecule is Cc1cnc(-c2ccccc2)c(C)c1. The average Bonchev–Trinajstić information content (AvgIpc) is 2.19. The first-order valence-electron chi connectivity index (χ1n) is 4.76. The van der Waals surface area contributed by atoms with Crippen LogP contribution in [0.5, 0.6) is 0 Å². The number of aromatic nitrogens is 1. The molecule has 0 fully saturated rings. The van der Waals surface area contributed by atoms with Crippen molar-refractivity contribution in [1.82, 2.24) is 4.98 Å². The molecular weight excluding hydrogens is 170 g/mol. The first kappa shape index (κ1) is 8.95. The Balaban J connectivity index is 2.53. The lowest BCUT2D eigenvalue weighted by molar-refractivity contribution is 1.22. The molecule has 0 saturated carbocycles. The van der Waals surface area contributed by atoms with E-state index in [9.17, 15) is 0 Å². The topological polar surface area (TPSA) is 12.9 Å². The number of aryl methyl sites for hydroxylation is 2. The summed E-state index contributed by atoms with van der Waals surface area (Å²) in [5.41, 5.74) is 4.71. The number of rotatable bonds is 1. The van der Waals surface area contributed by atoms with Gasteiger partial charge in [-0.25, -0.2) is 0 Å². The van der Waals surface area contributed by atoms with Crippen LogP contribution in [0.15, 0.2) is 42.6 Å². The normalized spacial score (nSPS) is 10.1. The van der Waals surface area contributed by atoms with Gasteiger partial charge in [0.2, 0.25) is 0 Å². The number of nitrogens with zero attached hydrogens (tertiary/aromatic N) is 1. The van der Waals surface area contributed by atoms with E-state index >= 15 is 0 Å². The summed E-state index contributed by atoms with van der Waals surface area (Å²) in [6.45, 7) is 4.16. The Hall–Kier alpha value is -1.63. The van der Waals surface area contributed by atoms with E-state index in [4.69, 9.17) is 0 Å². The Morgan fingerprint density at radius 2 is 1.71 bits per heavy atom. The zero-order valence-corrected chi connectivity index (χ0v) is 8.49. The molecule has 0 N–H and O–H groups in total. The van der Waals surface area contributed by atoms with Gasteiger partial charge < -0.3 is 0 Å². The maximum atomic E-state index is 4.45. The van der Waals surface area contributed by atoms with Gasteiger partial charge in [-0.2, -0.15) is 0 Å². The van der Waals surface area contributed by atoms with Crippen molar-refractivity contribution in [1.29, 1.82) is 0 Å². The van der Waals surface area contributed by atoms with Crippen molar-refractivity contribution in [2.45, 2.75) is 13.8 Å². The summed E-state index contributed by atoms with van der Waals surface area (Å²) < 4.78 is 0. The Bertz CT molecular complexity index is 432. The molecular formula is C13H13N. The van der Waals surface area contributed by atoms with Crippen LogP contribution < -0.4 is 0 Å². The summed E-state index contributed by atoms with van der Waals surface area (Å²) in [5, 5.41) is 0. The Kier molecular flexibility index (Phi) is 2.32. The minimum atomic E-state index is 1.08. The van der Waals surface area contributed by atoms with Gasteiger partial charge in [0, 0.05) is 11.8 Å². The molecule has 2 aromatic rings. The molecule has 0 bridgehead atoms. The predicted molar refractivity (Wildman–Crippen MR) is 59.1 cm³/mol. The van der Waals surface area contributed by atoms with Crippen molar-refractivity contribution < 1.29 is 0 Å². The molecule has 0 spiro atoms. The molecule has 0 saturated heterocycles. The average molecular weight is 183 g/mol. The number of benzene rings is 1. The van der Waals surface area contributed by atoms with Crippen LogP contribution in [0.3, 0.4) is 0 Å². The van der Waals surface area contributed by atoms with Gasteiger partial charge >= 0.3 is 0 Å². The van der Waals surface area contributed by atoms with Gasteiger partial charge in [-0.05, 0) is 25.0 Å².